The number of unbranched alkanes of at least 4 members (excludes halogenated alkanes) is 1. The average molecular weight is 402 g/mol. The molecule has 0 fully saturated rings. The number of carbonyl (C=O) groups is 2. The molecular formula is C20H23BO8. The second-order valence-corrected chi connectivity index (χ2v) is 7.12. The lowest BCUT2D eigenvalue weighted by molar-refractivity contribution is -0.119. The van der Waals surface area contributed by atoms with E-state index in [1.807, 2.05) is 6.92 Å². The maximum absolute atomic E-state index is 12.5. The van der Waals surface area contributed by atoms with E-state index in [1.54, 1.807) is 12.1 Å². The lowest BCUT2D eigenvalue weighted by Crippen LogP contribution is -2.35. The van der Waals surface area contributed by atoms with Crippen molar-refractivity contribution in [3.63, 3.8) is 0 Å². The van der Waals surface area contributed by atoms with E-state index in [0.717, 1.165) is 18.4 Å². The molecule has 0 radical (unpaired) electrons. The van der Waals surface area contributed by atoms with Gasteiger partial charge in [0.2, 0.25) is 0 Å². The normalized spacial score (nSPS) is 15.6. The smallest absolute Gasteiger partial charge is 0.526 e. The minimum Gasteiger partial charge on any atom is -0.535 e. The summed E-state index contributed by atoms with van der Waals surface area (Å²) in [4.78, 5) is 35.6. The van der Waals surface area contributed by atoms with Crippen LogP contribution in [0.4, 0.5) is 0 Å². The lowest BCUT2D eigenvalue weighted by atomic mass is 9.64. The zero-order chi connectivity index (χ0) is 21.0. The number of para-hydroxylation sites is 1. The fourth-order valence-electron chi connectivity index (χ4n) is 3.30. The second-order valence-electron chi connectivity index (χ2n) is 7.12. The molecule has 154 valence electrons. The van der Waals surface area contributed by atoms with Gasteiger partial charge >= 0.3 is 18.9 Å². The average Bonchev–Trinajstić information content (AvgIpc) is 3.01. The second kappa shape index (κ2) is 9.13. The third kappa shape index (κ3) is 4.98. The number of hydrogen-bond acceptors (Lipinski definition) is 8. The molecule has 9 heteroatoms. The first-order chi connectivity index (χ1) is 13.9. The molecule has 1 N–H and O–H groups in total. The third-order valence-electron chi connectivity index (χ3n) is 4.91. The number of benzene rings is 1. The van der Waals surface area contributed by atoms with E-state index in [-0.39, 0.29) is 47.5 Å². The van der Waals surface area contributed by atoms with Crippen molar-refractivity contribution in [2.75, 3.05) is 0 Å². The van der Waals surface area contributed by atoms with Crippen molar-refractivity contribution in [2.24, 2.45) is 0 Å². The largest absolute Gasteiger partial charge is 0.535 e. The Hall–Kier alpha value is -2.81. The number of carbonyl (C=O) groups excluding carboxylic acids is 2. The summed E-state index contributed by atoms with van der Waals surface area (Å²) < 4.78 is 20.3. The Kier molecular flexibility index (Phi) is 6.58. The summed E-state index contributed by atoms with van der Waals surface area (Å²) in [6, 6.07) is 5.01. The van der Waals surface area contributed by atoms with Crippen LogP contribution in [0, 0.1) is 6.92 Å². The van der Waals surface area contributed by atoms with Crippen molar-refractivity contribution < 1.29 is 32.8 Å². The molecule has 0 amide bonds. The van der Waals surface area contributed by atoms with E-state index >= 15 is 0 Å². The molecule has 0 saturated heterocycles. The van der Waals surface area contributed by atoms with E-state index in [0.29, 0.717) is 12.8 Å². The van der Waals surface area contributed by atoms with Crippen LogP contribution in [0.3, 0.4) is 0 Å². The van der Waals surface area contributed by atoms with E-state index in [9.17, 15) is 19.4 Å². The molecule has 0 spiro atoms. The lowest BCUT2D eigenvalue weighted by Gasteiger charge is -2.28. The van der Waals surface area contributed by atoms with Crippen molar-refractivity contribution in [1.29, 1.82) is 0 Å². The summed E-state index contributed by atoms with van der Waals surface area (Å²) in [6.07, 6.45) is 2.90. The third-order valence-corrected chi connectivity index (χ3v) is 4.91. The molecule has 1 aromatic heterocycles. The molecule has 0 unspecified atom stereocenters. The Balaban J connectivity index is 1.70. The van der Waals surface area contributed by atoms with E-state index in [2.05, 4.69) is 0 Å². The fourth-order valence-corrected chi connectivity index (χ4v) is 3.30. The molecule has 8 nitrogen and oxygen atoms in total. The van der Waals surface area contributed by atoms with E-state index < -0.39 is 18.9 Å². The minimum absolute atomic E-state index is 0.0930. The monoisotopic (exact) mass is 402 g/mol. The molecule has 0 bridgehead atoms. The summed E-state index contributed by atoms with van der Waals surface area (Å²) in [6.45, 7) is 3.28. The van der Waals surface area contributed by atoms with Crippen LogP contribution in [0.5, 0.6) is 5.75 Å². The van der Waals surface area contributed by atoms with Crippen LogP contribution in [-0.2, 0) is 22.6 Å². The van der Waals surface area contributed by atoms with Crippen molar-refractivity contribution >= 4 is 18.9 Å². The summed E-state index contributed by atoms with van der Waals surface area (Å²) in [5.41, 5.74) is 0.880. The maximum Gasteiger partial charge on any atom is 0.526 e. The number of hydrogen-bond donors (Lipinski definition) is 1. The predicted molar refractivity (Wildman–Crippen MR) is 103 cm³/mol. The van der Waals surface area contributed by atoms with Gasteiger partial charge in [0.1, 0.15) is 17.1 Å². The fraction of sp³-hybridized carbons (Fsp3) is 0.450. The molecule has 29 heavy (non-hydrogen) atoms. The molecule has 2 aromatic rings. The van der Waals surface area contributed by atoms with Gasteiger partial charge in [-0.2, -0.15) is 0 Å². The Morgan fingerprint density at radius 2 is 2.10 bits per heavy atom. The number of Topliss-reactive ketones (excluding diaryl/α,β-unsaturated/α-hetero) is 1. The van der Waals surface area contributed by atoms with Gasteiger partial charge in [-0.25, -0.2) is 9.59 Å². The molecule has 1 aliphatic heterocycles. The van der Waals surface area contributed by atoms with Crippen molar-refractivity contribution in [1.82, 2.24) is 0 Å². The van der Waals surface area contributed by atoms with Gasteiger partial charge in [0.05, 0.1) is 0 Å². The van der Waals surface area contributed by atoms with Crippen LogP contribution in [0.2, 0.25) is 5.82 Å². The van der Waals surface area contributed by atoms with Crippen molar-refractivity contribution in [3.8, 4) is 5.75 Å². The topological polar surface area (TPSA) is 116 Å². The highest BCUT2D eigenvalue weighted by atomic mass is 16.6. The van der Waals surface area contributed by atoms with E-state index in [4.69, 9.17) is 18.2 Å². The first-order valence-corrected chi connectivity index (χ1v) is 9.63. The summed E-state index contributed by atoms with van der Waals surface area (Å²) in [5, 5.41) is 10.4. The van der Waals surface area contributed by atoms with Gasteiger partial charge in [0.25, 0.3) is 0 Å². The number of aryl methyl sites for hydroxylation is 1. The predicted octanol–water partition coefficient (Wildman–Crippen LogP) is 2.83. The van der Waals surface area contributed by atoms with Gasteiger partial charge in [-0.15, -0.1) is 0 Å². The maximum atomic E-state index is 12.5. The van der Waals surface area contributed by atoms with Crippen LogP contribution in [-0.4, -0.2) is 23.9 Å². The Bertz CT molecular complexity index is 944. The van der Waals surface area contributed by atoms with Gasteiger partial charge < -0.3 is 23.2 Å². The molecule has 2 heterocycles. The van der Waals surface area contributed by atoms with Gasteiger partial charge in [-0.3, -0.25) is 4.79 Å². The highest BCUT2D eigenvalue weighted by Crippen LogP contribution is 2.36. The first-order valence-electron chi connectivity index (χ1n) is 9.63. The highest BCUT2D eigenvalue weighted by molar-refractivity contribution is 6.47. The highest BCUT2D eigenvalue weighted by Gasteiger charge is 2.37. The summed E-state index contributed by atoms with van der Waals surface area (Å²) in [7, 11) is -1.18. The number of esters is 1. The zero-order valence-electron chi connectivity index (χ0n) is 16.4. The molecule has 0 aliphatic carbocycles. The Labute approximate surface area is 167 Å². The Morgan fingerprint density at radius 1 is 1.31 bits per heavy atom. The van der Waals surface area contributed by atoms with Gasteiger partial charge in [-0.05, 0) is 31.4 Å². The molecule has 1 atom stereocenters. The van der Waals surface area contributed by atoms with Gasteiger partial charge in [-0.1, -0.05) is 25.5 Å². The van der Waals surface area contributed by atoms with Gasteiger partial charge in [0.15, 0.2) is 18.1 Å². The van der Waals surface area contributed by atoms with Crippen molar-refractivity contribution in [3.05, 3.63) is 51.5 Å². The summed E-state index contributed by atoms with van der Waals surface area (Å²) in [5.74, 6) is -1.21. The van der Waals surface area contributed by atoms with Crippen molar-refractivity contribution in [2.45, 2.75) is 58.4 Å². The SMILES string of the molecule is CCCCC(=O)C[C@H]1Cc2cccc(C(=O)OCc3oc(=O)oc3C)c2OB1O. The van der Waals surface area contributed by atoms with Crippen LogP contribution < -0.4 is 10.5 Å². The van der Waals surface area contributed by atoms with Gasteiger partial charge in [0, 0.05) is 18.7 Å². The molecule has 0 saturated carbocycles. The standard InChI is InChI=1S/C20H23BO8/c1-3-4-7-15(22)10-14-9-13-6-5-8-16(18(13)29-21(14)25)19(23)26-11-17-12(2)27-20(24)28-17/h5-6,8,14,25H,3-4,7,9-11H2,1-2H3/t14-/m1/s1. The van der Waals surface area contributed by atoms with Crippen LogP contribution >= 0.6 is 0 Å². The zero-order valence-corrected chi connectivity index (χ0v) is 16.4. The first kappa shape index (κ1) is 20.9. The number of fused-ring (bicyclic) bond motifs is 1. The molecular weight excluding hydrogens is 379 g/mol. The minimum atomic E-state index is -1.18. The van der Waals surface area contributed by atoms with Crippen LogP contribution in [0.1, 0.15) is 60.0 Å². The molecule has 1 aromatic carbocycles. The number of ketones is 1. The quantitative estimate of drug-likeness (QED) is 0.529. The van der Waals surface area contributed by atoms with E-state index in [1.165, 1.54) is 13.0 Å². The number of rotatable bonds is 8. The molecule has 3 rings (SSSR count). The Morgan fingerprint density at radius 3 is 2.79 bits per heavy atom. The van der Waals surface area contributed by atoms with Crippen LogP contribution in [0.15, 0.2) is 31.8 Å². The van der Waals surface area contributed by atoms with Crippen LogP contribution in [0.25, 0.3) is 0 Å². The molecule has 1 aliphatic rings. The number of ether oxygens (including phenoxy) is 1. The summed E-state index contributed by atoms with van der Waals surface area (Å²) >= 11 is 0.